The van der Waals surface area contributed by atoms with Gasteiger partial charge >= 0.3 is 12.4 Å². The highest BCUT2D eigenvalue weighted by molar-refractivity contribution is 6.23. The van der Waals surface area contributed by atoms with Crippen molar-refractivity contribution < 1.29 is 45.4 Å². The topological polar surface area (TPSA) is 79.6 Å². The van der Waals surface area contributed by atoms with E-state index in [9.17, 15) is 35.9 Å². The number of ether oxygens (including phenoxy) is 2. The third kappa shape index (κ3) is 4.00. The second-order valence-electron chi connectivity index (χ2n) is 9.91. The molecule has 0 radical (unpaired) electrons. The first kappa shape index (κ1) is 26.0. The minimum atomic E-state index is -4.88. The van der Waals surface area contributed by atoms with Gasteiger partial charge in [0.15, 0.2) is 0 Å². The van der Waals surface area contributed by atoms with Gasteiger partial charge in [-0.3, -0.25) is 9.59 Å². The SMILES string of the molecule is C[C@@]12CC[C@@](CCOc3cccc(C(F)(F)F)c3)(O1)[C@H]1C(=O)N(c3ccc(C#N)c(C(F)(F)F)c3)C(=O)[C@H]12. The van der Waals surface area contributed by atoms with Gasteiger partial charge in [-0.1, -0.05) is 6.07 Å². The summed E-state index contributed by atoms with van der Waals surface area (Å²) in [5.41, 5.74) is -5.28. The smallest absolute Gasteiger partial charge is 0.417 e. The zero-order valence-electron chi connectivity index (χ0n) is 19.8. The summed E-state index contributed by atoms with van der Waals surface area (Å²) in [6.45, 7) is 1.55. The van der Waals surface area contributed by atoms with Crippen LogP contribution < -0.4 is 9.64 Å². The van der Waals surface area contributed by atoms with Gasteiger partial charge in [0.1, 0.15) is 5.75 Å². The van der Waals surface area contributed by atoms with Crippen LogP contribution in [0.4, 0.5) is 32.0 Å². The molecule has 38 heavy (non-hydrogen) atoms. The van der Waals surface area contributed by atoms with E-state index in [1.54, 1.807) is 6.92 Å². The van der Waals surface area contributed by atoms with E-state index in [-0.39, 0.29) is 24.5 Å². The molecule has 3 fully saturated rings. The molecule has 0 aliphatic carbocycles. The lowest BCUT2D eigenvalue weighted by molar-refractivity contribution is -0.138. The number of imide groups is 1. The fraction of sp³-hybridized carbons (Fsp3) is 0.423. The standard InChI is InChI=1S/C26H20F6N2O4/c1-23-7-8-24(38-23,9-10-37-17-4-2-3-15(11-17)25(27,28)29)20-19(23)21(35)34(22(20)36)16-6-5-14(13-33)18(12-16)26(30,31)32/h2-6,11-12,19-20H,7-10H2,1H3/t19-,20+,23-,24-/m0/s1. The number of carbonyl (C=O) groups is 2. The highest BCUT2D eigenvalue weighted by Crippen LogP contribution is 2.62. The summed E-state index contributed by atoms with van der Waals surface area (Å²) in [4.78, 5) is 27.7. The second-order valence-corrected chi connectivity index (χ2v) is 9.91. The van der Waals surface area contributed by atoms with Gasteiger partial charge < -0.3 is 9.47 Å². The molecule has 2 aromatic carbocycles. The molecule has 3 heterocycles. The first-order chi connectivity index (χ1) is 17.7. The van der Waals surface area contributed by atoms with Crippen LogP contribution in [0.1, 0.15) is 42.9 Å². The molecule has 4 atom stereocenters. The number of rotatable bonds is 5. The van der Waals surface area contributed by atoms with E-state index in [0.717, 1.165) is 29.2 Å². The Balaban J connectivity index is 1.41. The molecule has 0 N–H and O–H groups in total. The molecule has 2 bridgehead atoms. The molecule has 6 nitrogen and oxygen atoms in total. The predicted octanol–water partition coefficient (Wildman–Crippen LogP) is 5.49. The average molecular weight is 538 g/mol. The zero-order chi connectivity index (χ0) is 27.7. The van der Waals surface area contributed by atoms with Gasteiger partial charge in [-0.25, -0.2) is 4.90 Å². The lowest BCUT2D eigenvalue weighted by Gasteiger charge is -2.31. The largest absolute Gasteiger partial charge is 0.493 e. The molecule has 3 aliphatic rings. The first-order valence-electron chi connectivity index (χ1n) is 11.7. The van der Waals surface area contributed by atoms with Crippen molar-refractivity contribution in [3.05, 3.63) is 59.2 Å². The Morgan fingerprint density at radius 2 is 1.74 bits per heavy atom. The summed E-state index contributed by atoms with van der Waals surface area (Å²) in [7, 11) is 0. The predicted molar refractivity (Wildman–Crippen MR) is 119 cm³/mol. The first-order valence-corrected chi connectivity index (χ1v) is 11.7. The van der Waals surface area contributed by atoms with Crippen molar-refractivity contribution in [2.24, 2.45) is 11.8 Å². The normalized spacial score (nSPS) is 28.5. The Morgan fingerprint density at radius 1 is 1.03 bits per heavy atom. The second kappa shape index (κ2) is 8.46. The lowest BCUT2D eigenvalue weighted by atomic mass is 9.67. The number of anilines is 1. The van der Waals surface area contributed by atoms with E-state index < -0.39 is 63.9 Å². The Morgan fingerprint density at radius 3 is 2.39 bits per heavy atom. The number of hydrogen-bond acceptors (Lipinski definition) is 5. The summed E-state index contributed by atoms with van der Waals surface area (Å²) in [5.74, 6) is -3.38. The highest BCUT2D eigenvalue weighted by Gasteiger charge is 2.73. The number of halogens is 6. The number of nitriles is 1. The van der Waals surface area contributed by atoms with Gasteiger partial charge in [-0.15, -0.1) is 0 Å². The summed E-state index contributed by atoms with van der Waals surface area (Å²) < 4.78 is 91.3. The molecule has 0 saturated carbocycles. The molecule has 2 amide bonds. The Hall–Kier alpha value is -3.59. The van der Waals surface area contributed by atoms with Crippen molar-refractivity contribution in [3.8, 4) is 11.8 Å². The summed E-state index contributed by atoms with van der Waals surface area (Å²) in [6, 6.07) is 8.44. The van der Waals surface area contributed by atoms with E-state index in [1.807, 2.05) is 0 Å². The number of fused-ring (bicyclic) bond motifs is 5. The van der Waals surface area contributed by atoms with Crippen molar-refractivity contribution in [1.29, 1.82) is 5.26 Å². The Bertz CT molecular complexity index is 1370. The Labute approximate surface area is 212 Å². The molecular formula is C26H20F6N2O4. The van der Waals surface area contributed by atoms with Crippen LogP contribution in [0.2, 0.25) is 0 Å². The number of nitrogens with zero attached hydrogens (tertiary/aromatic N) is 2. The molecule has 3 aliphatic heterocycles. The number of benzene rings is 2. The quantitative estimate of drug-likeness (QED) is 0.372. The lowest BCUT2D eigenvalue weighted by Crippen LogP contribution is -2.43. The van der Waals surface area contributed by atoms with Crippen LogP contribution in [0.5, 0.6) is 5.75 Å². The molecule has 0 unspecified atom stereocenters. The third-order valence-corrected chi connectivity index (χ3v) is 7.65. The van der Waals surface area contributed by atoms with Gasteiger partial charge in [-0.05, 0) is 56.2 Å². The maximum Gasteiger partial charge on any atom is 0.417 e. The van der Waals surface area contributed by atoms with Crippen molar-refractivity contribution in [1.82, 2.24) is 0 Å². The van der Waals surface area contributed by atoms with Crippen LogP contribution in [0, 0.1) is 23.2 Å². The fourth-order valence-electron chi connectivity index (χ4n) is 5.97. The summed E-state index contributed by atoms with van der Waals surface area (Å²) in [6.07, 6.45) is -8.58. The van der Waals surface area contributed by atoms with Crippen LogP contribution in [-0.2, 0) is 26.7 Å². The number of alkyl halides is 6. The average Bonchev–Trinajstić information content (AvgIpc) is 3.42. The molecule has 12 heteroatoms. The van der Waals surface area contributed by atoms with Gasteiger partial charge in [0, 0.05) is 6.42 Å². The van der Waals surface area contributed by atoms with Crippen molar-refractivity contribution in [2.75, 3.05) is 11.5 Å². The van der Waals surface area contributed by atoms with E-state index in [0.29, 0.717) is 18.9 Å². The van der Waals surface area contributed by atoms with Crippen molar-refractivity contribution in [3.63, 3.8) is 0 Å². The minimum Gasteiger partial charge on any atom is -0.493 e. The number of amides is 2. The van der Waals surface area contributed by atoms with E-state index in [2.05, 4.69) is 0 Å². The molecule has 200 valence electrons. The van der Waals surface area contributed by atoms with Crippen LogP contribution >= 0.6 is 0 Å². The van der Waals surface area contributed by atoms with E-state index in [1.165, 1.54) is 18.2 Å². The third-order valence-electron chi connectivity index (χ3n) is 7.65. The van der Waals surface area contributed by atoms with Gasteiger partial charge in [-0.2, -0.15) is 31.6 Å². The van der Waals surface area contributed by atoms with Crippen LogP contribution in [0.25, 0.3) is 0 Å². The fourth-order valence-corrected chi connectivity index (χ4v) is 5.97. The molecule has 0 spiro atoms. The zero-order valence-corrected chi connectivity index (χ0v) is 19.8. The minimum absolute atomic E-state index is 0.0285. The molecule has 5 rings (SSSR count). The highest BCUT2D eigenvalue weighted by atomic mass is 19.4. The van der Waals surface area contributed by atoms with Gasteiger partial charge in [0.05, 0.1) is 58.1 Å². The molecule has 3 saturated heterocycles. The van der Waals surface area contributed by atoms with E-state index >= 15 is 0 Å². The van der Waals surface area contributed by atoms with Gasteiger partial charge in [0.2, 0.25) is 11.8 Å². The van der Waals surface area contributed by atoms with Crippen molar-refractivity contribution in [2.45, 2.75) is 49.7 Å². The molecule has 0 aromatic heterocycles. The summed E-state index contributed by atoms with van der Waals surface area (Å²) in [5, 5.41) is 9.06. The maximum atomic E-state index is 13.6. The van der Waals surface area contributed by atoms with Crippen LogP contribution in [0.15, 0.2) is 42.5 Å². The Kier molecular flexibility index (Phi) is 5.80. The molecule has 2 aromatic rings. The number of hydrogen-bond donors (Lipinski definition) is 0. The molecular weight excluding hydrogens is 518 g/mol. The van der Waals surface area contributed by atoms with E-state index in [4.69, 9.17) is 14.7 Å². The maximum absolute atomic E-state index is 13.6. The van der Waals surface area contributed by atoms with Crippen molar-refractivity contribution >= 4 is 17.5 Å². The number of carbonyl (C=O) groups excluding carboxylic acids is 2. The van der Waals surface area contributed by atoms with Crippen LogP contribution in [-0.4, -0.2) is 29.6 Å². The summed E-state index contributed by atoms with van der Waals surface area (Å²) >= 11 is 0. The van der Waals surface area contributed by atoms with Gasteiger partial charge in [0.25, 0.3) is 0 Å². The van der Waals surface area contributed by atoms with Crippen LogP contribution in [0.3, 0.4) is 0 Å². The monoisotopic (exact) mass is 538 g/mol.